The molecule has 6 nitrogen and oxygen atoms in total. The Balaban J connectivity index is -0.000000320. The summed E-state index contributed by atoms with van der Waals surface area (Å²) in [5.74, 6) is -3.08. The second-order valence-corrected chi connectivity index (χ2v) is 1.50. The largest absolute Gasteiger partial charge is 2.00 e. The predicted octanol–water partition coefficient (Wildman–Crippen LogP) is -4.62. The van der Waals surface area contributed by atoms with Crippen molar-refractivity contribution in [3.05, 3.63) is 0 Å². The summed E-state index contributed by atoms with van der Waals surface area (Å²) in [7, 11) is 0. The van der Waals surface area contributed by atoms with Gasteiger partial charge in [0.15, 0.2) is 0 Å². The van der Waals surface area contributed by atoms with Crippen molar-refractivity contribution in [3.8, 4) is 0 Å². The van der Waals surface area contributed by atoms with E-state index >= 15 is 0 Å². The van der Waals surface area contributed by atoms with Gasteiger partial charge in [-0.25, -0.2) is 0 Å². The fraction of sp³-hybridized carbons (Fsp3) is 0.500. The molecule has 11 heavy (non-hydrogen) atoms. The molecule has 0 rings (SSSR count). The van der Waals surface area contributed by atoms with Crippen molar-refractivity contribution in [2.75, 3.05) is 0 Å². The van der Waals surface area contributed by atoms with E-state index in [0.29, 0.717) is 0 Å². The Hall–Kier alpha value is -0.517. The average Bonchev–Trinajstić information content (AvgIpc) is 1.63. The quantitative estimate of drug-likeness (QED) is 0.471. The predicted molar refractivity (Wildman–Crippen MR) is 26.2 cm³/mol. The van der Waals surface area contributed by atoms with Crippen LogP contribution in [0.25, 0.3) is 0 Å². The second kappa shape index (κ2) is 7.59. The van der Waals surface area contributed by atoms with Gasteiger partial charge in [-0.1, -0.05) is 0 Å². The van der Waals surface area contributed by atoms with Crippen molar-refractivity contribution in [2.45, 2.75) is 12.5 Å². The van der Waals surface area contributed by atoms with E-state index in [-0.39, 0.29) is 25.0 Å². The molecular weight excluding hydrogens is 207 g/mol. The van der Waals surface area contributed by atoms with E-state index in [1.165, 1.54) is 0 Å². The van der Waals surface area contributed by atoms with Gasteiger partial charge >= 0.3 is 19.5 Å². The van der Waals surface area contributed by atoms with E-state index in [1.54, 1.807) is 0 Å². The van der Waals surface area contributed by atoms with Crippen LogP contribution in [0.1, 0.15) is 6.42 Å². The molecule has 0 aliphatic carbocycles. The van der Waals surface area contributed by atoms with Crippen LogP contribution in [0.15, 0.2) is 0 Å². The van der Waals surface area contributed by atoms with Gasteiger partial charge in [0, 0.05) is 18.4 Å². The van der Waals surface area contributed by atoms with E-state index in [9.17, 15) is 19.8 Å². The van der Waals surface area contributed by atoms with Crippen LogP contribution < -0.4 is 15.9 Å². The number of nitrogens with two attached hydrogens (primary N) is 1. The molecule has 0 amide bonds. The molecule has 0 spiro atoms. The summed E-state index contributed by atoms with van der Waals surface area (Å²) in [5.41, 5.74) is 4.73. The summed E-state index contributed by atoms with van der Waals surface area (Å²) in [5, 5.41) is 19.3. The average molecular weight is 214 g/mol. The Morgan fingerprint density at radius 2 is 1.73 bits per heavy atom. The first-order valence-corrected chi connectivity index (χ1v) is 2.20. The minimum atomic E-state index is -1.58. The molecule has 1 atom stereocenters. The van der Waals surface area contributed by atoms with Crippen LogP contribution in [0.3, 0.4) is 0 Å². The molecule has 0 aromatic rings. The minimum Gasteiger partial charge on any atom is -0.550 e. The number of carbonyl (C=O) groups excluding carboxylic acids is 2. The molecule has 7 heteroatoms. The molecule has 0 saturated heterocycles. The Morgan fingerprint density at radius 1 is 1.36 bits per heavy atom. The Labute approximate surface area is 75.4 Å². The maximum Gasteiger partial charge on any atom is 2.00 e. The molecule has 0 saturated carbocycles. The molecule has 60 valence electrons. The number of hydrogen-bond donors (Lipinski definition) is 1. The maximum atomic E-state index is 9.71. The van der Waals surface area contributed by atoms with Gasteiger partial charge in [0.05, 0.1) is 5.97 Å². The zero-order valence-corrected chi connectivity index (χ0v) is 8.67. The van der Waals surface area contributed by atoms with Gasteiger partial charge in [-0.15, -0.1) is 0 Å². The standard InChI is InChI=1S/C4H7NO4.H2O.Zn/c5-2(4(8)9)1-3(6)7;;/h2H,1,5H2,(H,6,7)(H,8,9);1H2;/q;;+2/p-2/t2-;;/m0../s1. The zero-order valence-electron chi connectivity index (χ0n) is 5.70. The van der Waals surface area contributed by atoms with Gasteiger partial charge in [0.1, 0.15) is 0 Å². The van der Waals surface area contributed by atoms with Crippen LogP contribution >= 0.6 is 0 Å². The van der Waals surface area contributed by atoms with E-state index in [1.807, 2.05) is 0 Å². The van der Waals surface area contributed by atoms with Gasteiger partial charge in [-0.3, -0.25) is 0 Å². The van der Waals surface area contributed by atoms with Crippen LogP contribution in [-0.4, -0.2) is 23.5 Å². The molecule has 0 heterocycles. The van der Waals surface area contributed by atoms with Crippen molar-refractivity contribution in [3.63, 3.8) is 0 Å². The summed E-state index contributed by atoms with van der Waals surface area (Å²) >= 11 is 0. The number of aliphatic carboxylic acids is 2. The molecular formula is C4H7NO5Zn. The fourth-order valence-electron chi connectivity index (χ4n) is 0.263. The van der Waals surface area contributed by atoms with E-state index in [0.717, 1.165) is 0 Å². The normalized spacial score (nSPS) is 10.3. The van der Waals surface area contributed by atoms with Crippen LogP contribution in [0.2, 0.25) is 0 Å². The molecule has 0 fully saturated rings. The van der Waals surface area contributed by atoms with Crippen LogP contribution in [0.5, 0.6) is 0 Å². The van der Waals surface area contributed by atoms with Crippen molar-refractivity contribution in [1.82, 2.24) is 0 Å². The van der Waals surface area contributed by atoms with Gasteiger partial charge < -0.3 is 31.0 Å². The van der Waals surface area contributed by atoms with Crippen molar-refractivity contribution in [1.29, 1.82) is 0 Å². The smallest absolute Gasteiger partial charge is 0.550 e. The van der Waals surface area contributed by atoms with E-state index in [4.69, 9.17) is 5.73 Å². The monoisotopic (exact) mass is 213 g/mol. The molecule has 4 N–H and O–H groups in total. The SMILES string of the molecule is N[C@@H](CC(=O)[O-])C(=O)[O-].O.[Zn+2]. The molecule has 0 aliphatic rings. The van der Waals surface area contributed by atoms with E-state index in [2.05, 4.69) is 0 Å². The van der Waals surface area contributed by atoms with Gasteiger partial charge in [0.25, 0.3) is 0 Å². The molecule has 0 aromatic heterocycles. The van der Waals surface area contributed by atoms with E-state index < -0.39 is 24.4 Å². The first-order chi connectivity index (χ1) is 4.04. The molecule has 0 radical (unpaired) electrons. The van der Waals surface area contributed by atoms with Crippen molar-refractivity contribution >= 4 is 11.9 Å². The minimum absolute atomic E-state index is 0. The third-order valence-electron chi connectivity index (χ3n) is 0.689. The number of carbonyl (C=O) groups is 2. The number of carboxylic acids is 2. The first-order valence-electron chi connectivity index (χ1n) is 2.20. The summed E-state index contributed by atoms with van der Waals surface area (Å²) in [6, 6.07) is -1.46. The zero-order chi connectivity index (χ0) is 7.44. The molecule has 0 aliphatic heterocycles. The number of hydrogen-bond acceptors (Lipinski definition) is 5. The number of carboxylic acid groups (broad SMARTS) is 2. The molecule has 0 aromatic carbocycles. The van der Waals surface area contributed by atoms with Crippen molar-refractivity contribution < 1.29 is 44.8 Å². The Kier molecular flexibility index (Phi) is 11.6. The molecule has 0 bridgehead atoms. The maximum absolute atomic E-state index is 9.71. The molecule has 0 unspecified atom stereocenters. The van der Waals surface area contributed by atoms with Crippen LogP contribution in [0.4, 0.5) is 0 Å². The van der Waals surface area contributed by atoms with Gasteiger partial charge in [-0.05, 0) is 0 Å². The summed E-state index contributed by atoms with van der Waals surface area (Å²) in [6.07, 6.45) is -0.706. The van der Waals surface area contributed by atoms with Gasteiger partial charge in [0.2, 0.25) is 0 Å². The van der Waals surface area contributed by atoms with Crippen molar-refractivity contribution in [2.24, 2.45) is 5.73 Å². The third kappa shape index (κ3) is 9.48. The van der Waals surface area contributed by atoms with Gasteiger partial charge in [-0.2, -0.15) is 0 Å². The number of rotatable bonds is 3. The topological polar surface area (TPSA) is 138 Å². The first kappa shape index (κ1) is 16.8. The summed E-state index contributed by atoms with van der Waals surface area (Å²) in [4.78, 5) is 19.3. The Bertz CT molecular complexity index is 138. The van der Waals surface area contributed by atoms with Crippen LogP contribution in [-0.2, 0) is 29.1 Å². The van der Waals surface area contributed by atoms with Crippen LogP contribution in [0, 0.1) is 0 Å². The second-order valence-electron chi connectivity index (χ2n) is 1.50. The summed E-state index contributed by atoms with van der Waals surface area (Å²) < 4.78 is 0. The third-order valence-corrected chi connectivity index (χ3v) is 0.689. The Morgan fingerprint density at radius 3 is 1.82 bits per heavy atom. The fourth-order valence-corrected chi connectivity index (χ4v) is 0.263. The summed E-state index contributed by atoms with van der Waals surface area (Å²) in [6.45, 7) is 0.